The minimum atomic E-state index is -0.210. The van der Waals surface area contributed by atoms with Crippen molar-refractivity contribution in [3.63, 3.8) is 0 Å². The number of benzene rings is 1. The molecule has 0 radical (unpaired) electrons. The summed E-state index contributed by atoms with van der Waals surface area (Å²) in [7, 11) is 0. The topological polar surface area (TPSA) is 51.2 Å². The van der Waals surface area contributed by atoms with E-state index in [2.05, 4.69) is 10.3 Å². The van der Waals surface area contributed by atoms with Crippen molar-refractivity contribution >= 4 is 17.2 Å². The third-order valence-electron chi connectivity index (χ3n) is 4.31. The molecule has 4 rings (SSSR count). The largest absolute Gasteiger partial charge is 0.492 e. The number of fused-ring (bicyclic) bond motifs is 1. The standard InChI is InChI=1S/C17H18N2O2S/c1-10-9-22-17(18-10)15(11-6-7-11)19-16(20)13-8-21-14-5-3-2-4-12(13)14/h2-5,9,11,13,15H,6-8H2,1H3,(H,19,20). The number of amides is 1. The first kappa shape index (κ1) is 13.8. The van der Waals surface area contributed by atoms with Gasteiger partial charge in [-0.2, -0.15) is 0 Å². The fourth-order valence-electron chi connectivity index (χ4n) is 2.96. The zero-order valence-electron chi connectivity index (χ0n) is 12.4. The SMILES string of the molecule is Cc1csc(C(NC(=O)C2COc3ccccc32)C2CC2)n1. The molecule has 2 unspecified atom stereocenters. The first-order valence-corrected chi connectivity index (χ1v) is 8.54. The smallest absolute Gasteiger partial charge is 0.231 e. The van der Waals surface area contributed by atoms with E-state index in [4.69, 9.17) is 4.74 Å². The average molecular weight is 314 g/mol. The number of ether oxygens (including phenoxy) is 1. The molecule has 2 aromatic rings. The van der Waals surface area contributed by atoms with Gasteiger partial charge in [-0.3, -0.25) is 4.79 Å². The molecular weight excluding hydrogens is 296 g/mol. The van der Waals surface area contributed by atoms with Crippen molar-refractivity contribution < 1.29 is 9.53 Å². The van der Waals surface area contributed by atoms with Gasteiger partial charge in [0.1, 0.15) is 23.3 Å². The number of nitrogens with one attached hydrogen (secondary N) is 1. The molecule has 114 valence electrons. The van der Waals surface area contributed by atoms with Crippen molar-refractivity contribution in [2.75, 3.05) is 6.61 Å². The lowest BCUT2D eigenvalue weighted by Crippen LogP contribution is -2.34. The maximum absolute atomic E-state index is 12.7. The Morgan fingerprint density at radius 2 is 2.23 bits per heavy atom. The van der Waals surface area contributed by atoms with Crippen LogP contribution in [0.3, 0.4) is 0 Å². The highest BCUT2D eigenvalue weighted by atomic mass is 32.1. The number of hydrogen-bond acceptors (Lipinski definition) is 4. The van der Waals surface area contributed by atoms with Crippen LogP contribution in [0.5, 0.6) is 5.75 Å². The van der Waals surface area contributed by atoms with Gasteiger partial charge in [0.25, 0.3) is 0 Å². The Morgan fingerprint density at radius 3 is 2.95 bits per heavy atom. The third kappa shape index (κ3) is 2.50. The van der Waals surface area contributed by atoms with Crippen LogP contribution in [0, 0.1) is 12.8 Å². The highest BCUT2D eigenvalue weighted by molar-refractivity contribution is 7.09. The molecule has 5 heteroatoms. The molecule has 0 saturated heterocycles. The first-order chi connectivity index (χ1) is 10.7. The van der Waals surface area contributed by atoms with Crippen LogP contribution in [-0.2, 0) is 4.79 Å². The van der Waals surface area contributed by atoms with E-state index >= 15 is 0 Å². The minimum absolute atomic E-state index is 0.0507. The number of hydrogen-bond donors (Lipinski definition) is 1. The summed E-state index contributed by atoms with van der Waals surface area (Å²) in [5.41, 5.74) is 2.01. The van der Waals surface area contributed by atoms with Crippen LogP contribution in [-0.4, -0.2) is 17.5 Å². The molecule has 1 fully saturated rings. The van der Waals surface area contributed by atoms with Crippen molar-refractivity contribution in [1.82, 2.24) is 10.3 Å². The number of aryl methyl sites for hydroxylation is 1. The summed E-state index contributed by atoms with van der Waals surface area (Å²) in [6.07, 6.45) is 2.34. The van der Waals surface area contributed by atoms with Crippen molar-refractivity contribution in [2.24, 2.45) is 5.92 Å². The summed E-state index contributed by atoms with van der Waals surface area (Å²) in [5, 5.41) is 6.30. The summed E-state index contributed by atoms with van der Waals surface area (Å²) >= 11 is 1.64. The number of rotatable bonds is 4. The number of carbonyl (C=O) groups is 1. The average Bonchev–Trinajstić information content (AvgIpc) is 3.12. The molecule has 1 aliphatic heterocycles. The molecule has 2 heterocycles. The Morgan fingerprint density at radius 1 is 1.41 bits per heavy atom. The van der Waals surface area contributed by atoms with Crippen LogP contribution in [0.15, 0.2) is 29.6 Å². The second-order valence-corrected chi connectivity index (χ2v) is 6.94. The molecule has 1 aromatic heterocycles. The van der Waals surface area contributed by atoms with Crippen LogP contribution in [0.4, 0.5) is 0 Å². The van der Waals surface area contributed by atoms with Gasteiger partial charge in [0.15, 0.2) is 0 Å². The lowest BCUT2D eigenvalue weighted by atomic mass is 10.00. The van der Waals surface area contributed by atoms with Crippen molar-refractivity contribution in [3.8, 4) is 5.75 Å². The van der Waals surface area contributed by atoms with Gasteiger partial charge in [0.05, 0.1) is 6.04 Å². The van der Waals surface area contributed by atoms with Crippen molar-refractivity contribution in [1.29, 1.82) is 0 Å². The number of para-hydroxylation sites is 1. The quantitative estimate of drug-likeness (QED) is 0.943. The lowest BCUT2D eigenvalue weighted by Gasteiger charge is -2.18. The number of thiazole rings is 1. The molecule has 1 N–H and O–H groups in total. The summed E-state index contributed by atoms with van der Waals surface area (Å²) < 4.78 is 5.63. The zero-order chi connectivity index (χ0) is 15.1. The molecule has 4 nitrogen and oxygen atoms in total. The van der Waals surface area contributed by atoms with E-state index < -0.39 is 0 Å². The first-order valence-electron chi connectivity index (χ1n) is 7.66. The Labute approximate surface area is 133 Å². The second kappa shape index (κ2) is 5.39. The Kier molecular flexibility index (Phi) is 3.37. The molecule has 22 heavy (non-hydrogen) atoms. The van der Waals surface area contributed by atoms with Crippen LogP contribution in [0.1, 0.15) is 41.1 Å². The number of carbonyl (C=O) groups excluding carboxylic acids is 1. The minimum Gasteiger partial charge on any atom is -0.492 e. The normalized spacial score (nSPS) is 21.0. The molecule has 1 aliphatic carbocycles. The van der Waals surface area contributed by atoms with Crippen LogP contribution >= 0.6 is 11.3 Å². The van der Waals surface area contributed by atoms with Gasteiger partial charge in [0.2, 0.25) is 5.91 Å². The molecule has 2 atom stereocenters. The van der Waals surface area contributed by atoms with E-state index in [0.717, 1.165) is 22.0 Å². The van der Waals surface area contributed by atoms with Crippen LogP contribution < -0.4 is 10.1 Å². The molecule has 1 aromatic carbocycles. The maximum Gasteiger partial charge on any atom is 0.231 e. The van der Waals surface area contributed by atoms with Gasteiger partial charge < -0.3 is 10.1 Å². The van der Waals surface area contributed by atoms with Gasteiger partial charge in [-0.1, -0.05) is 18.2 Å². The zero-order valence-corrected chi connectivity index (χ0v) is 13.2. The summed E-state index contributed by atoms with van der Waals surface area (Å²) in [6, 6.07) is 7.84. The van der Waals surface area contributed by atoms with Gasteiger partial charge in [-0.25, -0.2) is 4.98 Å². The van der Waals surface area contributed by atoms with E-state index in [1.807, 2.05) is 36.6 Å². The Balaban J connectivity index is 1.53. The van der Waals surface area contributed by atoms with Crippen LogP contribution in [0.25, 0.3) is 0 Å². The molecule has 1 amide bonds. The molecular formula is C17H18N2O2S. The highest BCUT2D eigenvalue weighted by Gasteiger charge is 2.38. The third-order valence-corrected chi connectivity index (χ3v) is 5.36. The van der Waals surface area contributed by atoms with Gasteiger partial charge >= 0.3 is 0 Å². The fourth-order valence-corrected chi connectivity index (χ4v) is 3.90. The van der Waals surface area contributed by atoms with E-state index in [0.29, 0.717) is 12.5 Å². The lowest BCUT2D eigenvalue weighted by molar-refractivity contribution is -0.123. The molecule has 0 bridgehead atoms. The monoisotopic (exact) mass is 314 g/mol. The highest BCUT2D eigenvalue weighted by Crippen LogP contribution is 2.42. The van der Waals surface area contributed by atoms with E-state index in [9.17, 15) is 4.79 Å². The summed E-state index contributed by atoms with van der Waals surface area (Å²) in [5.74, 6) is 1.20. The fraction of sp³-hybridized carbons (Fsp3) is 0.412. The maximum atomic E-state index is 12.7. The molecule has 2 aliphatic rings. The van der Waals surface area contributed by atoms with Gasteiger partial charge in [-0.05, 0) is 31.7 Å². The Hall–Kier alpha value is -1.88. The van der Waals surface area contributed by atoms with E-state index in [-0.39, 0.29) is 17.9 Å². The summed E-state index contributed by atoms with van der Waals surface area (Å²) in [4.78, 5) is 17.3. The van der Waals surface area contributed by atoms with E-state index in [1.54, 1.807) is 11.3 Å². The predicted molar refractivity (Wildman–Crippen MR) is 85.1 cm³/mol. The van der Waals surface area contributed by atoms with Gasteiger partial charge in [-0.15, -0.1) is 11.3 Å². The van der Waals surface area contributed by atoms with Gasteiger partial charge in [0, 0.05) is 16.6 Å². The van der Waals surface area contributed by atoms with Crippen molar-refractivity contribution in [2.45, 2.75) is 31.7 Å². The predicted octanol–water partition coefficient (Wildman–Crippen LogP) is 3.20. The summed E-state index contributed by atoms with van der Waals surface area (Å²) in [6.45, 7) is 2.42. The second-order valence-electron chi connectivity index (χ2n) is 6.05. The molecule has 0 spiro atoms. The Bertz CT molecular complexity index is 708. The number of nitrogens with zero attached hydrogens (tertiary/aromatic N) is 1. The van der Waals surface area contributed by atoms with Crippen molar-refractivity contribution in [3.05, 3.63) is 45.9 Å². The molecule has 1 saturated carbocycles. The van der Waals surface area contributed by atoms with Crippen LogP contribution in [0.2, 0.25) is 0 Å². The van der Waals surface area contributed by atoms with E-state index in [1.165, 1.54) is 12.8 Å². The number of aromatic nitrogens is 1.